The van der Waals surface area contributed by atoms with Gasteiger partial charge in [-0.15, -0.1) is 0 Å². The first-order valence-corrected chi connectivity index (χ1v) is 7.00. The third kappa shape index (κ3) is 3.50. The van der Waals surface area contributed by atoms with Crippen LogP contribution in [0.4, 0.5) is 0 Å². The fraction of sp³-hybridized carbons (Fsp3) is 0.158. The highest BCUT2D eigenvalue weighted by Gasteiger charge is 2.27. The molecule has 0 saturated heterocycles. The van der Waals surface area contributed by atoms with Crippen molar-refractivity contribution in [1.82, 2.24) is 0 Å². The molecule has 0 heterocycles. The predicted molar refractivity (Wildman–Crippen MR) is 86.2 cm³/mol. The Morgan fingerprint density at radius 2 is 1.50 bits per heavy atom. The maximum Gasteiger partial charge on any atom is 0.198 e. The predicted octanol–water partition coefficient (Wildman–Crippen LogP) is 3.83. The standard InChI is InChI=1S/C19H18O3/c1-4-17(20)19(2,3)22-16-12-10-15(11-13-16)18(21)14-8-6-5-7-9-14/h4-13H,1H2,2-3H3. The van der Waals surface area contributed by atoms with Crippen LogP contribution in [0.15, 0.2) is 67.3 Å². The van der Waals surface area contributed by atoms with E-state index in [1.54, 1.807) is 50.2 Å². The van der Waals surface area contributed by atoms with Crippen molar-refractivity contribution >= 4 is 11.6 Å². The van der Waals surface area contributed by atoms with Crippen molar-refractivity contribution in [3.8, 4) is 5.75 Å². The number of rotatable bonds is 6. The second kappa shape index (κ2) is 6.39. The molecule has 0 aromatic heterocycles. The van der Waals surface area contributed by atoms with Gasteiger partial charge in [0.2, 0.25) is 0 Å². The molecule has 0 amide bonds. The number of ether oxygens (including phenoxy) is 1. The quantitative estimate of drug-likeness (QED) is 0.600. The second-order valence-corrected chi connectivity index (χ2v) is 5.40. The Bertz CT molecular complexity index is 682. The highest BCUT2D eigenvalue weighted by molar-refractivity contribution is 6.09. The van der Waals surface area contributed by atoms with Crippen molar-refractivity contribution in [2.45, 2.75) is 19.4 Å². The Morgan fingerprint density at radius 1 is 0.955 bits per heavy atom. The molecule has 3 nitrogen and oxygen atoms in total. The first-order chi connectivity index (χ1) is 10.4. The number of carbonyl (C=O) groups is 2. The summed E-state index contributed by atoms with van der Waals surface area (Å²) in [6, 6.07) is 15.8. The molecule has 2 rings (SSSR count). The monoisotopic (exact) mass is 294 g/mol. The number of ketones is 2. The zero-order valence-electron chi connectivity index (χ0n) is 12.7. The zero-order valence-corrected chi connectivity index (χ0v) is 12.7. The average molecular weight is 294 g/mol. The van der Waals surface area contributed by atoms with Gasteiger partial charge in [0.25, 0.3) is 0 Å². The van der Waals surface area contributed by atoms with Crippen molar-refractivity contribution in [2.75, 3.05) is 0 Å². The summed E-state index contributed by atoms with van der Waals surface area (Å²) in [5.41, 5.74) is 0.233. The lowest BCUT2D eigenvalue weighted by Gasteiger charge is -2.23. The van der Waals surface area contributed by atoms with Crippen LogP contribution >= 0.6 is 0 Å². The van der Waals surface area contributed by atoms with E-state index in [2.05, 4.69) is 6.58 Å². The molecule has 0 atom stereocenters. The topological polar surface area (TPSA) is 43.4 Å². The van der Waals surface area contributed by atoms with Gasteiger partial charge >= 0.3 is 0 Å². The fourth-order valence-corrected chi connectivity index (χ4v) is 2.02. The minimum Gasteiger partial charge on any atom is -0.480 e. The number of benzene rings is 2. The van der Waals surface area contributed by atoms with E-state index in [9.17, 15) is 9.59 Å². The molecule has 2 aromatic carbocycles. The van der Waals surface area contributed by atoms with Crippen molar-refractivity contribution < 1.29 is 14.3 Å². The van der Waals surface area contributed by atoms with Crippen molar-refractivity contribution in [3.05, 3.63) is 78.4 Å². The SMILES string of the molecule is C=CC(=O)C(C)(C)Oc1ccc(C(=O)c2ccccc2)cc1. The molecule has 0 aliphatic rings. The number of carbonyl (C=O) groups excluding carboxylic acids is 2. The molecule has 112 valence electrons. The third-order valence-electron chi connectivity index (χ3n) is 3.30. The Balaban J connectivity index is 2.16. The molecule has 2 aromatic rings. The summed E-state index contributed by atoms with van der Waals surface area (Å²) in [6.45, 7) is 6.83. The lowest BCUT2D eigenvalue weighted by atomic mass is 10.0. The highest BCUT2D eigenvalue weighted by Crippen LogP contribution is 2.21. The first-order valence-electron chi connectivity index (χ1n) is 7.00. The molecule has 0 aliphatic heterocycles. The van der Waals surface area contributed by atoms with Crippen LogP contribution < -0.4 is 4.74 Å². The minimum absolute atomic E-state index is 0.0476. The van der Waals surface area contributed by atoms with Crippen molar-refractivity contribution in [3.63, 3.8) is 0 Å². The van der Waals surface area contributed by atoms with Gasteiger partial charge in [0.15, 0.2) is 17.2 Å². The molecule has 0 saturated carbocycles. The van der Waals surface area contributed by atoms with Gasteiger partial charge in [-0.25, -0.2) is 0 Å². The van der Waals surface area contributed by atoms with Gasteiger partial charge in [-0.1, -0.05) is 36.9 Å². The smallest absolute Gasteiger partial charge is 0.198 e. The Morgan fingerprint density at radius 3 is 2.05 bits per heavy atom. The largest absolute Gasteiger partial charge is 0.480 e. The third-order valence-corrected chi connectivity index (χ3v) is 3.30. The van der Waals surface area contributed by atoms with Crippen LogP contribution in [0.5, 0.6) is 5.75 Å². The van der Waals surface area contributed by atoms with Gasteiger partial charge in [-0.2, -0.15) is 0 Å². The maximum atomic E-state index is 12.3. The summed E-state index contributed by atoms with van der Waals surface area (Å²) in [4.78, 5) is 24.0. The summed E-state index contributed by atoms with van der Waals surface area (Å²) in [5, 5.41) is 0. The van der Waals surface area contributed by atoms with Gasteiger partial charge in [0, 0.05) is 11.1 Å². The highest BCUT2D eigenvalue weighted by atomic mass is 16.5. The molecular weight excluding hydrogens is 276 g/mol. The molecule has 0 bridgehead atoms. The average Bonchev–Trinajstić information content (AvgIpc) is 2.54. The van der Waals surface area contributed by atoms with E-state index in [1.165, 1.54) is 6.08 Å². The van der Waals surface area contributed by atoms with E-state index >= 15 is 0 Å². The maximum absolute atomic E-state index is 12.3. The van der Waals surface area contributed by atoms with E-state index in [0.29, 0.717) is 16.9 Å². The van der Waals surface area contributed by atoms with Gasteiger partial charge in [-0.05, 0) is 44.2 Å². The van der Waals surface area contributed by atoms with E-state index in [1.807, 2.05) is 18.2 Å². The zero-order chi connectivity index (χ0) is 16.2. The van der Waals surface area contributed by atoms with Gasteiger partial charge in [-0.3, -0.25) is 9.59 Å². The summed E-state index contributed by atoms with van der Waals surface area (Å²) < 4.78 is 5.66. The van der Waals surface area contributed by atoms with Crippen LogP contribution in [0, 0.1) is 0 Å². The molecule has 0 fully saturated rings. The molecule has 0 N–H and O–H groups in total. The molecule has 0 aliphatic carbocycles. The van der Waals surface area contributed by atoms with E-state index in [0.717, 1.165) is 0 Å². The first kappa shape index (κ1) is 15.7. The lowest BCUT2D eigenvalue weighted by molar-refractivity contribution is -0.126. The van der Waals surface area contributed by atoms with Crippen molar-refractivity contribution in [1.29, 1.82) is 0 Å². The second-order valence-electron chi connectivity index (χ2n) is 5.40. The Kier molecular flexibility index (Phi) is 4.56. The summed E-state index contributed by atoms with van der Waals surface area (Å²) >= 11 is 0. The fourth-order valence-electron chi connectivity index (χ4n) is 2.02. The van der Waals surface area contributed by atoms with Crippen LogP contribution in [0.2, 0.25) is 0 Å². The van der Waals surface area contributed by atoms with Crippen LogP contribution in [-0.4, -0.2) is 17.2 Å². The normalized spacial score (nSPS) is 10.8. The minimum atomic E-state index is -0.979. The number of hydrogen-bond donors (Lipinski definition) is 0. The van der Waals surface area contributed by atoms with Crippen LogP contribution in [-0.2, 0) is 4.79 Å². The van der Waals surface area contributed by atoms with Crippen LogP contribution in [0.3, 0.4) is 0 Å². The summed E-state index contributed by atoms with van der Waals surface area (Å²) in [5.74, 6) is 0.287. The van der Waals surface area contributed by atoms with Crippen LogP contribution in [0.25, 0.3) is 0 Å². The molecule has 0 unspecified atom stereocenters. The summed E-state index contributed by atoms with van der Waals surface area (Å²) in [6.07, 6.45) is 1.24. The molecule has 0 radical (unpaired) electrons. The molecular formula is C19H18O3. The van der Waals surface area contributed by atoms with Gasteiger partial charge < -0.3 is 4.74 Å². The number of hydrogen-bond acceptors (Lipinski definition) is 3. The Labute approximate surface area is 130 Å². The van der Waals surface area contributed by atoms with Crippen molar-refractivity contribution in [2.24, 2.45) is 0 Å². The van der Waals surface area contributed by atoms with E-state index in [4.69, 9.17) is 4.74 Å². The lowest BCUT2D eigenvalue weighted by Crippen LogP contribution is -2.36. The molecule has 0 spiro atoms. The Hall–Kier alpha value is -2.68. The molecule has 22 heavy (non-hydrogen) atoms. The van der Waals surface area contributed by atoms with Gasteiger partial charge in [0.05, 0.1) is 0 Å². The summed E-state index contributed by atoms with van der Waals surface area (Å²) in [7, 11) is 0. The van der Waals surface area contributed by atoms with E-state index < -0.39 is 5.60 Å². The molecule has 3 heteroatoms. The van der Waals surface area contributed by atoms with Gasteiger partial charge in [0.1, 0.15) is 5.75 Å². The van der Waals surface area contributed by atoms with E-state index in [-0.39, 0.29) is 11.6 Å². The van der Waals surface area contributed by atoms with Crippen LogP contribution in [0.1, 0.15) is 29.8 Å².